The predicted molar refractivity (Wildman–Crippen MR) is 89.5 cm³/mol. The first-order valence-electron chi connectivity index (χ1n) is 7.98. The van der Waals surface area contributed by atoms with Crippen molar-refractivity contribution in [2.24, 2.45) is 0 Å². The van der Waals surface area contributed by atoms with Gasteiger partial charge in [0.05, 0.1) is 11.1 Å². The summed E-state index contributed by atoms with van der Waals surface area (Å²) < 4.78 is 13.6. The molecule has 1 aliphatic heterocycles. The van der Waals surface area contributed by atoms with Crippen LogP contribution in [-0.2, 0) is 11.2 Å². The van der Waals surface area contributed by atoms with Gasteiger partial charge in [-0.15, -0.1) is 0 Å². The molecule has 3 amide bonds. The van der Waals surface area contributed by atoms with E-state index in [2.05, 4.69) is 5.32 Å². The van der Waals surface area contributed by atoms with Crippen molar-refractivity contribution in [2.45, 2.75) is 19.4 Å². The second kappa shape index (κ2) is 6.84. The Hall–Kier alpha value is -3.02. The summed E-state index contributed by atoms with van der Waals surface area (Å²) in [5.74, 6) is -1.73. The third kappa shape index (κ3) is 3.15. The molecule has 0 radical (unpaired) electrons. The van der Waals surface area contributed by atoms with Crippen molar-refractivity contribution in [2.75, 3.05) is 6.54 Å². The number of fused-ring (bicyclic) bond motifs is 1. The molecular weight excluding hydrogens is 323 g/mol. The molecule has 6 heteroatoms. The number of carbonyl (C=O) groups is 3. The van der Waals surface area contributed by atoms with E-state index in [0.29, 0.717) is 23.1 Å². The summed E-state index contributed by atoms with van der Waals surface area (Å²) >= 11 is 0. The van der Waals surface area contributed by atoms with Crippen LogP contribution < -0.4 is 5.32 Å². The normalized spacial score (nSPS) is 14.4. The summed E-state index contributed by atoms with van der Waals surface area (Å²) in [6, 6.07) is 11.9. The average Bonchev–Trinajstić information content (AvgIpc) is 2.87. The van der Waals surface area contributed by atoms with Crippen molar-refractivity contribution in [3.63, 3.8) is 0 Å². The lowest BCUT2D eigenvalue weighted by molar-refractivity contribution is -0.124. The van der Waals surface area contributed by atoms with E-state index in [4.69, 9.17) is 0 Å². The van der Waals surface area contributed by atoms with E-state index in [-0.39, 0.29) is 12.4 Å². The molecule has 0 fully saturated rings. The zero-order valence-electron chi connectivity index (χ0n) is 13.7. The number of carbonyl (C=O) groups excluding carboxylic acids is 3. The number of nitrogens with one attached hydrogen (secondary N) is 1. The smallest absolute Gasteiger partial charge is 0.262 e. The zero-order chi connectivity index (χ0) is 18.0. The van der Waals surface area contributed by atoms with E-state index >= 15 is 0 Å². The Kier molecular flexibility index (Phi) is 4.61. The van der Waals surface area contributed by atoms with Crippen molar-refractivity contribution in [1.29, 1.82) is 0 Å². The van der Waals surface area contributed by atoms with Gasteiger partial charge in [-0.25, -0.2) is 4.39 Å². The molecule has 128 valence electrons. The van der Waals surface area contributed by atoms with Crippen molar-refractivity contribution >= 4 is 17.7 Å². The number of hydrogen-bond acceptors (Lipinski definition) is 3. The van der Waals surface area contributed by atoms with E-state index in [9.17, 15) is 18.8 Å². The molecule has 1 N–H and O–H groups in total. The Morgan fingerprint density at radius 3 is 2.20 bits per heavy atom. The van der Waals surface area contributed by atoms with E-state index < -0.39 is 23.8 Å². The Morgan fingerprint density at radius 1 is 1.04 bits per heavy atom. The van der Waals surface area contributed by atoms with Gasteiger partial charge < -0.3 is 5.32 Å². The molecule has 0 spiro atoms. The first kappa shape index (κ1) is 16.8. The fourth-order valence-corrected chi connectivity index (χ4v) is 2.85. The molecule has 1 heterocycles. The topological polar surface area (TPSA) is 66.5 Å². The minimum absolute atomic E-state index is 0.216. The molecule has 2 aromatic rings. The van der Waals surface area contributed by atoms with Gasteiger partial charge in [0, 0.05) is 6.54 Å². The molecule has 0 saturated heterocycles. The highest BCUT2D eigenvalue weighted by atomic mass is 19.1. The highest BCUT2D eigenvalue weighted by Gasteiger charge is 2.40. The van der Waals surface area contributed by atoms with Crippen molar-refractivity contribution < 1.29 is 18.8 Å². The third-order valence-electron chi connectivity index (χ3n) is 4.24. The van der Waals surface area contributed by atoms with Gasteiger partial charge in [-0.3, -0.25) is 19.3 Å². The first-order chi connectivity index (χ1) is 12.0. The molecule has 1 unspecified atom stereocenters. The van der Waals surface area contributed by atoms with Gasteiger partial charge in [0.2, 0.25) is 5.91 Å². The lowest BCUT2D eigenvalue weighted by Crippen LogP contribution is -2.48. The van der Waals surface area contributed by atoms with E-state index in [1.807, 2.05) is 0 Å². The summed E-state index contributed by atoms with van der Waals surface area (Å²) in [6.07, 6.45) is 0.327. The monoisotopic (exact) mass is 340 g/mol. The van der Waals surface area contributed by atoms with Gasteiger partial charge in [0.1, 0.15) is 11.9 Å². The fraction of sp³-hybridized carbons (Fsp3) is 0.211. The number of rotatable bonds is 5. The summed E-state index contributed by atoms with van der Waals surface area (Å²) in [6.45, 7) is 1.72. The number of amides is 3. The lowest BCUT2D eigenvalue weighted by Gasteiger charge is -2.21. The van der Waals surface area contributed by atoms with Crippen LogP contribution in [0.5, 0.6) is 0 Å². The van der Waals surface area contributed by atoms with Gasteiger partial charge >= 0.3 is 0 Å². The second-order valence-corrected chi connectivity index (χ2v) is 5.83. The molecule has 5 nitrogen and oxygen atoms in total. The van der Waals surface area contributed by atoms with Crippen LogP contribution in [0.15, 0.2) is 48.5 Å². The van der Waals surface area contributed by atoms with Gasteiger partial charge in [-0.1, -0.05) is 30.3 Å². The average molecular weight is 340 g/mol. The van der Waals surface area contributed by atoms with Crippen LogP contribution in [0.25, 0.3) is 0 Å². The van der Waals surface area contributed by atoms with Gasteiger partial charge in [0.25, 0.3) is 11.8 Å². The molecule has 25 heavy (non-hydrogen) atoms. The maximum atomic E-state index is 13.6. The highest BCUT2D eigenvalue weighted by molar-refractivity contribution is 6.22. The molecule has 0 bridgehead atoms. The van der Waals surface area contributed by atoms with E-state index in [1.54, 1.807) is 42.5 Å². The number of imide groups is 1. The minimum Gasteiger partial charge on any atom is -0.354 e. The van der Waals surface area contributed by atoms with Crippen molar-refractivity contribution in [3.05, 3.63) is 71.0 Å². The summed E-state index contributed by atoms with van der Waals surface area (Å²) in [4.78, 5) is 38.0. The lowest BCUT2D eigenvalue weighted by atomic mass is 10.1. The molecule has 0 aliphatic carbocycles. The maximum absolute atomic E-state index is 13.6. The molecule has 1 aliphatic rings. The van der Waals surface area contributed by atoms with Gasteiger partial charge in [-0.05, 0) is 37.1 Å². The maximum Gasteiger partial charge on any atom is 0.262 e. The van der Waals surface area contributed by atoms with Crippen LogP contribution in [0.2, 0.25) is 0 Å². The molecule has 1 atom stereocenters. The number of nitrogens with zero attached hydrogens (tertiary/aromatic N) is 1. The van der Waals surface area contributed by atoms with E-state index in [0.717, 1.165) is 4.90 Å². The highest BCUT2D eigenvalue weighted by Crippen LogP contribution is 2.24. The van der Waals surface area contributed by atoms with E-state index in [1.165, 1.54) is 13.0 Å². The third-order valence-corrected chi connectivity index (χ3v) is 4.24. The van der Waals surface area contributed by atoms with Gasteiger partial charge in [0.15, 0.2) is 0 Å². The van der Waals surface area contributed by atoms with Crippen LogP contribution in [-0.4, -0.2) is 35.2 Å². The van der Waals surface area contributed by atoms with Crippen LogP contribution in [0.4, 0.5) is 4.39 Å². The Balaban J connectivity index is 1.63. The molecule has 2 aromatic carbocycles. The quantitative estimate of drug-likeness (QED) is 0.849. The predicted octanol–water partition coefficient (Wildman–Crippen LogP) is 2.17. The summed E-state index contributed by atoms with van der Waals surface area (Å²) in [5.41, 5.74) is 1.10. The summed E-state index contributed by atoms with van der Waals surface area (Å²) in [5, 5.41) is 2.65. The SMILES string of the molecule is CC(C(=O)NCCc1ccccc1F)N1C(=O)c2ccccc2C1=O. The van der Waals surface area contributed by atoms with Crippen LogP contribution in [0, 0.1) is 5.82 Å². The van der Waals surface area contributed by atoms with Crippen molar-refractivity contribution in [3.8, 4) is 0 Å². The Labute approximate surface area is 144 Å². The fourth-order valence-electron chi connectivity index (χ4n) is 2.85. The Morgan fingerprint density at radius 2 is 1.60 bits per heavy atom. The number of benzene rings is 2. The molecule has 0 saturated carbocycles. The number of hydrogen-bond donors (Lipinski definition) is 1. The largest absolute Gasteiger partial charge is 0.354 e. The van der Waals surface area contributed by atoms with Gasteiger partial charge in [-0.2, -0.15) is 0 Å². The zero-order valence-corrected chi connectivity index (χ0v) is 13.7. The van der Waals surface area contributed by atoms with Crippen LogP contribution >= 0.6 is 0 Å². The Bertz CT molecular complexity index is 815. The minimum atomic E-state index is -0.937. The first-order valence-corrected chi connectivity index (χ1v) is 7.98. The molecule has 3 rings (SSSR count). The standard InChI is InChI=1S/C19H17FN2O3/c1-12(17(23)21-11-10-13-6-2-5-9-16(13)20)22-18(24)14-7-3-4-8-15(14)19(22)25/h2-9,12H,10-11H2,1H3,(H,21,23). The van der Waals surface area contributed by atoms with Crippen molar-refractivity contribution in [1.82, 2.24) is 10.2 Å². The van der Waals surface area contributed by atoms with Crippen LogP contribution in [0.3, 0.4) is 0 Å². The second-order valence-electron chi connectivity index (χ2n) is 5.83. The van der Waals surface area contributed by atoms with Crippen LogP contribution in [0.1, 0.15) is 33.2 Å². The summed E-state index contributed by atoms with van der Waals surface area (Å²) in [7, 11) is 0. The molecule has 0 aromatic heterocycles. The number of halogens is 1. The molecular formula is C19H17FN2O3.